The molecule has 3 aromatic rings. The predicted octanol–water partition coefficient (Wildman–Crippen LogP) is 2.96. The van der Waals surface area contributed by atoms with Crippen LogP contribution in [-0.4, -0.2) is 43.6 Å². The maximum absolute atomic E-state index is 13.1. The van der Waals surface area contributed by atoms with E-state index in [1.165, 1.54) is 11.3 Å². The van der Waals surface area contributed by atoms with Crippen molar-refractivity contribution in [2.24, 2.45) is 0 Å². The van der Waals surface area contributed by atoms with Crippen LogP contribution in [-0.2, 0) is 12.0 Å². The summed E-state index contributed by atoms with van der Waals surface area (Å²) in [7, 11) is 0. The standard InChI is InChI=1S/C22H23N5O2S/c1-14-3-5-16(6-4-14)18-20(29)27-12-9-22(21(27)25-24-18)7-10-26(11-8-22)19(28)17-13-30-15(2)23-17/h3-6,13H,7-12H2,1-2H3. The monoisotopic (exact) mass is 421 g/mol. The molecule has 0 N–H and O–H groups in total. The van der Waals surface area contributed by atoms with Gasteiger partial charge in [-0.3, -0.25) is 14.2 Å². The van der Waals surface area contributed by atoms with Crippen molar-refractivity contribution in [2.45, 2.75) is 45.1 Å². The number of carbonyl (C=O) groups excluding carboxylic acids is 1. The topological polar surface area (TPSA) is 81.0 Å². The van der Waals surface area contributed by atoms with Gasteiger partial charge in [0.05, 0.1) is 5.01 Å². The zero-order valence-electron chi connectivity index (χ0n) is 17.1. The number of piperidine rings is 1. The van der Waals surface area contributed by atoms with Crippen LogP contribution in [0.2, 0.25) is 0 Å². The first-order valence-corrected chi connectivity index (χ1v) is 11.1. The summed E-state index contributed by atoms with van der Waals surface area (Å²) in [6.07, 6.45) is 2.45. The van der Waals surface area contributed by atoms with Crippen molar-refractivity contribution >= 4 is 17.2 Å². The highest BCUT2D eigenvalue weighted by molar-refractivity contribution is 7.09. The van der Waals surface area contributed by atoms with Gasteiger partial charge in [-0.15, -0.1) is 21.5 Å². The van der Waals surface area contributed by atoms with Crippen LogP contribution in [0.25, 0.3) is 11.3 Å². The molecule has 0 aliphatic carbocycles. The van der Waals surface area contributed by atoms with Gasteiger partial charge in [0.25, 0.3) is 11.5 Å². The van der Waals surface area contributed by atoms with Crippen LogP contribution in [0.3, 0.4) is 0 Å². The molecule has 0 bridgehead atoms. The van der Waals surface area contributed by atoms with Gasteiger partial charge in [0.2, 0.25) is 0 Å². The van der Waals surface area contributed by atoms with E-state index in [1.54, 1.807) is 4.57 Å². The lowest BCUT2D eigenvalue weighted by Crippen LogP contribution is -2.45. The number of aryl methyl sites for hydroxylation is 2. The lowest BCUT2D eigenvalue weighted by Gasteiger charge is -2.38. The van der Waals surface area contributed by atoms with Crippen LogP contribution in [0.1, 0.15) is 46.1 Å². The van der Waals surface area contributed by atoms with Crippen molar-refractivity contribution in [3.05, 3.63) is 62.1 Å². The van der Waals surface area contributed by atoms with Crippen molar-refractivity contribution in [2.75, 3.05) is 13.1 Å². The molecule has 0 saturated carbocycles. The Labute approximate surface area is 178 Å². The first-order chi connectivity index (χ1) is 14.5. The molecule has 8 heteroatoms. The molecule has 0 atom stereocenters. The highest BCUT2D eigenvalue weighted by Gasteiger charge is 2.45. The third-order valence-corrected chi connectivity index (χ3v) is 7.18. The number of carbonyl (C=O) groups is 1. The summed E-state index contributed by atoms with van der Waals surface area (Å²) in [5, 5.41) is 11.6. The van der Waals surface area contributed by atoms with Crippen molar-refractivity contribution in [3.63, 3.8) is 0 Å². The van der Waals surface area contributed by atoms with E-state index in [-0.39, 0.29) is 16.9 Å². The average Bonchev–Trinajstić information content (AvgIpc) is 3.34. The Morgan fingerprint density at radius 3 is 2.40 bits per heavy atom. The van der Waals surface area contributed by atoms with E-state index in [0.29, 0.717) is 31.0 Å². The lowest BCUT2D eigenvalue weighted by molar-refractivity contribution is 0.0657. The molecule has 1 spiro atoms. The Balaban J connectivity index is 1.39. The van der Waals surface area contributed by atoms with Crippen LogP contribution in [0, 0.1) is 13.8 Å². The molecule has 2 aromatic heterocycles. The summed E-state index contributed by atoms with van der Waals surface area (Å²) < 4.78 is 1.80. The van der Waals surface area contributed by atoms with Gasteiger partial charge >= 0.3 is 0 Å². The summed E-state index contributed by atoms with van der Waals surface area (Å²) in [4.78, 5) is 32.0. The average molecular weight is 422 g/mol. The Hall–Kier alpha value is -2.87. The summed E-state index contributed by atoms with van der Waals surface area (Å²) in [5.41, 5.74) is 2.63. The number of aromatic nitrogens is 4. The van der Waals surface area contributed by atoms with Crippen LogP contribution < -0.4 is 5.56 Å². The highest BCUT2D eigenvalue weighted by atomic mass is 32.1. The number of nitrogens with zero attached hydrogens (tertiary/aromatic N) is 5. The molecule has 0 radical (unpaired) electrons. The molecule has 0 unspecified atom stereocenters. The zero-order valence-corrected chi connectivity index (χ0v) is 17.9. The maximum atomic E-state index is 13.1. The van der Waals surface area contributed by atoms with Gasteiger partial charge in [0.15, 0.2) is 5.69 Å². The fourth-order valence-corrected chi connectivity index (χ4v) is 5.17. The van der Waals surface area contributed by atoms with E-state index in [9.17, 15) is 9.59 Å². The molecule has 7 nitrogen and oxygen atoms in total. The van der Waals surface area contributed by atoms with Gasteiger partial charge < -0.3 is 4.90 Å². The van der Waals surface area contributed by atoms with Gasteiger partial charge in [-0.25, -0.2) is 4.98 Å². The largest absolute Gasteiger partial charge is 0.337 e. The van der Waals surface area contributed by atoms with Crippen LogP contribution in [0.15, 0.2) is 34.4 Å². The number of fused-ring (bicyclic) bond motifs is 2. The zero-order chi connectivity index (χ0) is 20.9. The Morgan fingerprint density at radius 2 is 1.73 bits per heavy atom. The molecule has 1 amide bonds. The molecular formula is C22H23N5O2S. The SMILES string of the molecule is Cc1ccc(-c2nnc3n(c2=O)CCC32CCN(C(=O)c3csc(C)n3)CC2)cc1. The molecular weight excluding hydrogens is 398 g/mol. The fraction of sp³-hybridized carbons (Fsp3) is 0.409. The van der Waals surface area contributed by atoms with E-state index in [4.69, 9.17) is 0 Å². The highest BCUT2D eigenvalue weighted by Crippen LogP contribution is 2.41. The number of thiazole rings is 1. The molecule has 1 saturated heterocycles. The number of hydrogen-bond donors (Lipinski definition) is 0. The third kappa shape index (κ3) is 3.06. The van der Waals surface area contributed by atoms with E-state index in [0.717, 1.165) is 41.2 Å². The van der Waals surface area contributed by atoms with Crippen molar-refractivity contribution in [1.82, 2.24) is 24.6 Å². The van der Waals surface area contributed by atoms with E-state index >= 15 is 0 Å². The Bertz CT molecular complexity index is 1170. The summed E-state index contributed by atoms with van der Waals surface area (Å²) in [6.45, 7) is 5.86. The van der Waals surface area contributed by atoms with Crippen molar-refractivity contribution in [3.8, 4) is 11.3 Å². The summed E-state index contributed by atoms with van der Waals surface area (Å²) >= 11 is 1.49. The second-order valence-electron chi connectivity index (χ2n) is 8.27. The van der Waals surface area contributed by atoms with Crippen LogP contribution >= 0.6 is 11.3 Å². The Morgan fingerprint density at radius 1 is 1.03 bits per heavy atom. The van der Waals surface area contributed by atoms with E-state index < -0.39 is 0 Å². The second kappa shape index (κ2) is 7.12. The first-order valence-electron chi connectivity index (χ1n) is 10.2. The van der Waals surface area contributed by atoms with Gasteiger partial charge in [0, 0.05) is 36.0 Å². The molecule has 4 heterocycles. The van der Waals surface area contributed by atoms with Gasteiger partial charge in [0.1, 0.15) is 11.5 Å². The fourth-order valence-electron chi connectivity index (χ4n) is 4.58. The van der Waals surface area contributed by atoms with Gasteiger partial charge in [-0.2, -0.15) is 0 Å². The molecule has 2 aliphatic rings. The van der Waals surface area contributed by atoms with E-state index in [1.807, 2.05) is 48.4 Å². The molecule has 30 heavy (non-hydrogen) atoms. The number of benzene rings is 1. The minimum Gasteiger partial charge on any atom is -0.337 e. The molecule has 154 valence electrons. The molecule has 1 aromatic carbocycles. The van der Waals surface area contributed by atoms with E-state index in [2.05, 4.69) is 15.2 Å². The first kappa shape index (κ1) is 19.1. The van der Waals surface area contributed by atoms with Gasteiger partial charge in [-0.05, 0) is 33.1 Å². The number of likely N-dealkylation sites (tertiary alicyclic amines) is 1. The maximum Gasteiger partial charge on any atom is 0.280 e. The number of amides is 1. The second-order valence-corrected chi connectivity index (χ2v) is 9.33. The Kier molecular flexibility index (Phi) is 4.54. The van der Waals surface area contributed by atoms with Crippen molar-refractivity contribution in [1.29, 1.82) is 0 Å². The number of hydrogen-bond acceptors (Lipinski definition) is 6. The molecule has 5 rings (SSSR count). The third-order valence-electron chi connectivity index (χ3n) is 6.41. The van der Waals surface area contributed by atoms with Crippen LogP contribution in [0.5, 0.6) is 0 Å². The summed E-state index contributed by atoms with van der Waals surface area (Å²) in [6, 6.07) is 7.80. The predicted molar refractivity (Wildman–Crippen MR) is 115 cm³/mol. The molecule has 1 fully saturated rings. The smallest absolute Gasteiger partial charge is 0.280 e. The lowest BCUT2D eigenvalue weighted by atomic mass is 9.76. The normalized spacial score (nSPS) is 17.3. The minimum atomic E-state index is -0.174. The quantitative estimate of drug-likeness (QED) is 0.635. The molecule has 2 aliphatic heterocycles. The summed E-state index contributed by atoms with van der Waals surface area (Å²) in [5.74, 6) is 0.769. The number of rotatable bonds is 2. The van der Waals surface area contributed by atoms with Crippen molar-refractivity contribution < 1.29 is 4.79 Å². The van der Waals surface area contributed by atoms with Crippen LogP contribution in [0.4, 0.5) is 0 Å². The van der Waals surface area contributed by atoms with Gasteiger partial charge in [-0.1, -0.05) is 29.8 Å². The minimum absolute atomic E-state index is 0.00890.